The number of anilines is 1. The lowest BCUT2D eigenvalue weighted by Gasteiger charge is -2.30. The molecule has 3 heteroatoms. The summed E-state index contributed by atoms with van der Waals surface area (Å²) in [6.45, 7) is 7.64. The van der Waals surface area contributed by atoms with Gasteiger partial charge in [-0.15, -0.1) is 0 Å². The molecule has 0 aliphatic rings. The molecule has 1 rings (SSSR count). The van der Waals surface area contributed by atoms with E-state index < -0.39 is 0 Å². The van der Waals surface area contributed by atoms with Crippen LogP contribution in [0.25, 0.3) is 0 Å². The molecule has 0 aliphatic heterocycles. The van der Waals surface area contributed by atoms with Crippen LogP contribution in [-0.4, -0.2) is 17.7 Å². The summed E-state index contributed by atoms with van der Waals surface area (Å²) in [6, 6.07) is 6.54. The molecule has 0 saturated heterocycles. The SMILES string of the molecule is CCCN(c1ccc(Br)cc1CO)C(C)C. The molecule has 0 saturated carbocycles. The molecule has 1 N–H and O–H groups in total. The van der Waals surface area contributed by atoms with E-state index in [1.807, 2.05) is 12.1 Å². The molecule has 0 aromatic heterocycles. The molecule has 0 amide bonds. The van der Waals surface area contributed by atoms with Crippen LogP contribution in [0.3, 0.4) is 0 Å². The van der Waals surface area contributed by atoms with Gasteiger partial charge in [-0.3, -0.25) is 0 Å². The number of aliphatic hydroxyl groups excluding tert-OH is 1. The first kappa shape index (κ1) is 13.5. The number of rotatable bonds is 5. The summed E-state index contributed by atoms with van der Waals surface area (Å²) in [4.78, 5) is 2.33. The molecule has 0 bridgehead atoms. The van der Waals surface area contributed by atoms with Crippen molar-refractivity contribution < 1.29 is 5.11 Å². The Labute approximate surface area is 106 Å². The van der Waals surface area contributed by atoms with Crippen LogP contribution >= 0.6 is 15.9 Å². The molecular formula is C13H20BrNO. The molecule has 1 aromatic carbocycles. The standard InChI is InChI=1S/C13H20BrNO/c1-4-7-15(10(2)3)13-6-5-12(14)8-11(13)9-16/h5-6,8,10,16H,4,7,9H2,1-3H3. The average Bonchev–Trinajstić information content (AvgIpc) is 2.26. The van der Waals surface area contributed by atoms with Crippen LogP contribution in [-0.2, 0) is 6.61 Å². The highest BCUT2D eigenvalue weighted by Crippen LogP contribution is 2.26. The number of hydrogen-bond donors (Lipinski definition) is 1. The molecule has 2 nitrogen and oxygen atoms in total. The van der Waals surface area contributed by atoms with E-state index in [1.165, 1.54) is 0 Å². The molecule has 0 unspecified atom stereocenters. The fraction of sp³-hybridized carbons (Fsp3) is 0.538. The third-order valence-corrected chi connectivity index (χ3v) is 3.10. The second-order valence-electron chi connectivity index (χ2n) is 4.22. The van der Waals surface area contributed by atoms with Crippen molar-refractivity contribution in [1.29, 1.82) is 0 Å². The van der Waals surface area contributed by atoms with Gasteiger partial charge in [0, 0.05) is 28.3 Å². The Hall–Kier alpha value is -0.540. The summed E-state index contributed by atoms with van der Waals surface area (Å²) in [5.74, 6) is 0. The van der Waals surface area contributed by atoms with Crippen molar-refractivity contribution in [2.24, 2.45) is 0 Å². The summed E-state index contributed by atoms with van der Waals surface area (Å²) in [7, 11) is 0. The van der Waals surface area contributed by atoms with Crippen LogP contribution in [0.15, 0.2) is 22.7 Å². The molecule has 0 aliphatic carbocycles. The fourth-order valence-electron chi connectivity index (χ4n) is 1.86. The van der Waals surface area contributed by atoms with Crippen LogP contribution in [0.5, 0.6) is 0 Å². The lowest BCUT2D eigenvalue weighted by Crippen LogP contribution is -2.32. The summed E-state index contributed by atoms with van der Waals surface area (Å²) in [5.41, 5.74) is 2.12. The van der Waals surface area contributed by atoms with E-state index in [4.69, 9.17) is 0 Å². The Morgan fingerprint density at radius 1 is 1.38 bits per heavy atom. The van der Waals surface area contributed by atoms with E-state index in [2.05, 4.69) is 47.7 Å². The van der Waals surface area contributed by atoms with Crippen molar-refractivity contribution >= 4 is 21.6 Å². The second-order valence-corrected chi connectivity index (χ2v) is 5.13. The summed E-state index contributed by atoms with van der Waals surface area (Å²) in [6.07, 6.45) is 1.11. The molecule has 0 radical (unpaired) electrons. The van der Waals surface area contributed by atoms with Gasteiger partial charge < -0.3 is 10.0 Å². The predicted octanol–water partition coefficient (Wildman–Crippen LogP) is 3.57. The Morgan fingerprint density at radius 2 is 2.06 bits per heavy atom. The quantitative estimate of drug-likeness (QED) is 0.894. The zero-order valence-electron chi connectivity index (χ0n) is 10.2. The molecular weight excluding hydrogens is 266 g/mol. The van der Waals surface area contributed by atoms with Gasteiger partial charge >= 0.3 is 0 Å². The van der Waals surface area contributed by atoms with E-state index in [9.17, 15) is 5.11 Å². The largest absolute Gasteiger partial charge is 0.392 e. The number of nitrogens with zero attached hydrogens (tertiary/aromatic N) is 1. The fourth-order valence-corrected chi connectivity index (χ4v) is 2.27. The van der Waals surface area contributed by atoms with Gasteiger partial charge in [0.2, 0.25) is 0 Å². The van der Waals surface area contributed by atoms with Crippen LogP contribution in [0.1, 0.15) is 32.8 Å². The van der Waals surface area contributed by atoms with Crippen LogP contribution in [0.2, 0.25) is 0 Å². The lowest BCUT2D eigenvalue weighted by molar-refractivity contribution is 0.282. The van der Waals surface area contributed by atoms with Gasteiger partial charge in [0.1, 0.15) is 0 Å². The van der Waals surface area contributed by atoms with E-state index in [0.29, 0.717) is 6.04 Å². The molecule has 0 atom stereocenters. The minimum Gasteiger partial charge on any atom is -0.392 e. The average molecular weight is 286 g/mol. The molecule has 1 aromatic rings. The zero-order valence-corrected chi connectivity index (χ0v) is 11.8. The van der Waals surface area contributed by atoms with Crippen molar-refractivity contribution in [3.63, 3.8) is 0 Å². The van der Waals surface area contributed by atoms with Crippen LogP contribution in [0.4, 0.5) is 5.69 Å². The molecule has 0 spiro atoms. The summed E-state index contributed by atoms with van der Waals surface area (Å²) < 4.78 is 1.01. The van der Waals surface area contributed by atoms with Crippen molar-refractivity contribution in [2.45, 2.75) is 39.8 Å². The predicted molar refractivity (Wildman–Crippen MR) is 72.8 cm³/mol. The van der Waals surface area contributed by atoms with Gasteiger partial charge in [-0.05, 0) is 38.5 Å². The highest BCUT2D eigenvalue weighted by molar-refractivity contribution is 9.10. The van der Waals surface area contributed by atoms with Crippen LogP contribution < -0.4 is 4.90 Å². The highest BCUT2D eigenvalue weighted by Gasteiger charge is 2.13. The van der Waals surface area contributed by atoms with Gasteiger partial charge in [0.15, 0.2) is 0 Å². The normalized spacial score (nSPS) is 10.9. The Balaban J connectivity index is 3.07. The zero-order chi connectivity index (χ0) is 12.1. The van der Waals surface area contributed by atoms with Gasteiger partial charge in [-0.2, -0.15) is 0 Å². The third kappa shape index (κ3) is 3.22. The topological polar surface area (TPSA) is 23.5 Å². The maximum absolute atomic E-state index is 9.39. The summed E-state index contributed by atoms with van der Waals surface area (Å²) >= 11 is 3.43. The Kier molecular flexibility index (Phi) is 5.29. The van der Waals surface area contributed by atoms with E-state index >= 15 is 0 Å². The minimum absolute atomic E-state index is 0.0850. The van der Waals surface area contributed by atoms with Crippen molar-refractivity contribution in [2.75, 3.05) is 11.4 Å². The third-order valence-electron chi connectivity index (χ3n) is 2.61. The van der Waals surface area contributed by atoms with Gasteiger partial charge in [0.25, 0.3) is 0 Å². The lowest BCUT2D eigenvalue weighted by atomic mass is 10.1. The number of hydrogen-bond acceptors (Lipinski definition) is 2. The van der Waals surface area contributed by atoms with Crippen molar-refractivity contribution in [1.82, 2.24) is 0 Å². The minimum atomic E-state index is 0.0850. The maximum Gasteiger partial charge on any atom is 0.0702 e. The monoisotopic (exact) mass is 285 g/mol. The first-order valence-electron chi connectivity index (χ1n) is 5.76. The van der Waals surface area contributed by atoms with Gasteiger partial charge in [-0.25, -0.2) is 0 Å². The number of halogens is 1. The second kappa shape index (κ2) is 6.26. The van der Waals surface area contributed by atoms with Crippen molar-refractivity contribution in [3.8, 4) is 0 Å². The number of aliphatic hydroxyl groups is 1. The summed E-state index contributed by atoms with van der Waals surface area (Å²) in [5, 5.41) is 9.39. The Bertz CT molecular complexity index is 339. The first-order chi connectivity index (χ1) is 7.60. The van der Waals surface area contributed by atoms with Gasteiger partial charge in [-0.1, -0.05) is 22.9 Å². The van der Waals surface area contributed by atoms with E-state index in [1.54, 1.807) is 0 Å². The Morgan fingerprint density at radius 3 is 2.56 bits per heavy atom. The van der Waals surface area contributed by atoms with E-state index in [-0.39, 0.29) is 6.61 Å². The van der Waals surface area contributed by atoms with E-state index in [0.717, 1.165) is 28.7 Å². The first-order valence-corrected chi connectivity index (χ1v) is 6.55. The van der Waals surface area contributed by atoms with Gasteiger partial charge in [0.05, 0.1) is 6.61 Å². The number of benzene rings is 1. The van der Waals surface area contributed by atoms with Crippen LogP contribution in [0, 0.1) is 0 Å². The smallest absolute Gasteiger partial charge is 0.0702 e. The molecule has 16 heavy (non-hydrogen) atoms. The van der Waals surface area contributed by atoms with Crippen molar-refractivity contribution in [3.05, 3.63) is 28.2 Å². The highest BCUT2D eigenvalue weighted by atomic mass is 79.9. The molecule has 0 heterocycles. The molecule has 0 fully saturated rings. The maximum atomic E-state index is 9.39. The molecule has 90 valence electrons.